The first-order chi connectivity index (χ1) is 8.24. The molecule has 0 spiro atoms. The summed E-state index contributed by atoms with van der Waals surface area (Å²) in [5, 5.41) is 2.92. The van der Waals surface area contributed by atoms with Crippen molar-refractivity contribution in [1.82, 2.24) is 10.8 Å². The topological polar surface area (TPSA) is 59.6 Å². The van der Waals surface area contributed by atoms with Crippen LogP contribution in [-0.4, -0.2) is 30.4 Å². The van der Waals surface area contributed by atoms with Gasteiger partial charge in [-0.05, 0) is 53.4 Å². The van der Waals surface area contributed by atoms with E-state index in [1.165, 1.54) is 0 Å². The zero-order valence-corrected chi connectivity index (χ0v) is 12.1. The van der Waals surface area contributed by atoms with Crippen LogP contribution in [0.2, 0.25) is 0 Å². The summed E-state index contributed by atoms with van der Waals surface area (Å²) >= 11 is 0. The molecule has 2 N–H and O–H groups in total. The Morgan fingerprint density at radius 1 is 1.28 bits per heavy atom. The molecule has 1 rings (SSSR count). The first kappa shape index (κ1) is 15.2. The molecular formula is C13H26N2O3. The number of alkyl carbamates (subject to hydrolysis) is 1. The summed E-state index contributed by atoms with van der Waals surface area (Å²) in [6.07, 6.45) is 3.35. The van der Waals surface area contributed by atoms with E-state index in [1.807, 2.05) is 20.8 Å². The maximum Gasteiger partial charge on any atom is 0.407 e. The van der Waals surface area contributed by atoms with E-state index in [9.17, 15) is 4.79 Å². The third-order valence-corrected chi connectivity index (χ3v) is 3.11. The second-order valence-electron chi connectivity index (χ2n) is 6.18. The molecule has 0 saturated heterocycles. The number of hydrogen-bond acceptors (Lipinski definition) is 4. The number of carbonyl (C=O) groups is 1. The predicted octanol–water partition coefficient (Wildman–Crippen LogP) is 2.36. The van der Waals surface area contributed by atoms with E-state index in [-0.39, 0.29) is 17.7 Å². The van der Waals surface area contributed by atoms with Gasteiger partial charge >= 0.3 is 6.09 Å². The highest BCUT2D eigenvalue weighted by molar-refractivity contribution is 5.68. The number of hydrogen-bond donors (Lipinski definition) is 2. The minimum atomic E-state index is -0.442. The monoisotopic (exact) mass is 258 g/mol. The van der Waals surface area contributed by atoms with Crippen molar-refractivity contribution in [3.05, 3.63) is 0 Å². The van der Waals surface area contributed by atoms with E-state index in [0.717, 1.165) is 25.7 Å². The molecule has 0 aromatic carbocycles. The lowest BCUT2D eigenvalue weighted by atomic mass is 9.83. The highest BCUT2D eigenvalue weighted by Crippen LogP contribution is 2.30. The van der Waals surface area contributed by atoms with Gasteiger partial charge in [-0.2, -0.15) is 0 Å². The summed E-state index contributed by atoms with van der Waals surface area (Å²) in [7, 11) is 1.77. The molecule has 0 aliphatic heterocycles. The highest BCUT2D eigenvalue weighted by atomic mass is 16.7. The van der Waals surface area contributed by atoms with Gasteiger partial charge in [0.2, 0.25) is 0 Å². The molecule has 0 unspecified atom stereocenters. The van der Waals surface area contributed by atoms with E-state index < -0.39 is 5.60 Å². The van der Waals surface area contributed by atoms with Crippen LogP contribution >= 0.6 is 0 Å². The quantitative estimate of drug-likeness (QED) is 0.763. The zero-order valence-electron chi connectivity index (χ0n) is 12.1. The Morgan fingerprint density at radius 2 is 1.83 bits per heavy atom. The van der Waals surface area contributed by atoms with Crippen molar-refractivity contribution in [3.8, 4) is 0 Å². The number of rotatable bonds is 3. The first-order valence-corrected chi connectivity index (χ1v) is 6.58. The van der Waals surface area contributed by atoms with Crippen LogP contribution in [0, 0.1) is 0 Å². The van der Waals surface area contributed by atoms with Gasteiger partial charge in [0.05, 0.1) is 5.60 Å². The molecule has 18 heavy (non-hydrogen) atoms. The van der Waals surface area contributed by atoms with Crippen LogP contribution in [0.4, 0.5) is 4.79 Å². The van der Waals surface area contributed by atoms with Gasteiger partial charge in [-0.25, -0.2) is 10.3 Å². The number of amides is 1. The summed E-state index contributed by atoms with van der Waals surface area (Å²) in [5.41, 5.74) is 2.19. The van der Waals surface area contributed by atoms with Gasteiger partial charge in [0.1, 0.15) is 5.60 Å². The van der Waals surface area contributed by atoms with Crippen LogP contribution in [0.25, 0.3) is 0 Å². The lowest BCUT2D eigenvalue weighted by Gasteiger charge is -2.36. The number of nitrogens with one attached hydrogen (secondary N) is 2. The minimum absolute atomic E-state index is 0.124. The Hall–Kier alpha value is -0.810. The Kier molecular flexibility index (Phi) is 4.99. The smallest absolute Gasteiger partial charge is 0.407 e. The van der Waals surface area contributed by atoms with Gasteiger partial charge in [-0.15, -0.1) is 0 Å². The van der Waals surface area contributed by atoms with E-state index in [0.29, 0.717) is 0 Å². The summed E-state index contributed by atoms with van der Waals surface area (Å²) in [4.78, 5) is 17.1. The summed E-state index contributed by atoms with van der Waals surface area (Å²) in [5.74, 6) is 0. The zero-order chi connectivity index (χ0) is 13.8. The first-order valence-electron chi connectivity index (χ1n) is 6.58. The van der Waals surface area contributed by atoms with E-state index in [4.69, 9.17) is 9.57 Å². The van der Waals surface area contributed by atoms with Gasteiger partial charge < -0.3 is 10.1 Å². The maximum atomic E-state index is 11.6. The van der Waals surface area contributed by atoms with Crippen molar-refractivity contribution in [2.75, 3.05) is 7.05 Å². The molecule has 5 nitrogen and oxygen atoms in total. The molecule has 0 heterocycles. The molecule has 1 aliphatic rings. The van der Waals surface area contributed by atoms with Crippen LogP contribution in [-0.2, 0) is 9.57 Å². The van der Waals surface area contributed by atoms with Crippen LogP contribution in [0.5, 0.6) is 0 Å². The molecule has 0 atom stereocenters. The standard InChI is InChI=1S/C13H26N2O3/c1-12(2,3)17-11(16)15-10-6-8-13(4,9-7-10)18-14-5/h10,14H,6-9H2,1-5H3,(H,15,16). The Balaban J connectivity index is 2.33. The summed E-state index contributed by atoms with van der Waals surface area (Å²) < 4.78 is 5.25. The Labute approximate surface area is 110 Å². The fourth-order valence-electron chi connectivity index (χ4n) is 2.20. The van der Waals surface area contributed by atoms with Gasteiger partial charge in [0.25, 0.3) is 0 Å². The average molecular weight is 258 g/mol. The van der Waals surface area contributed by atoms with Crippen molar-refractivity contribution in [2.24, 2.45) is 0 Å². The third kappa shape index (κ3) is 5.23. The number of carbonyl (C=O) groups excluding carboxylic acids is 1. The molecule has 1 aliphatic carbocycles. The van der Waals surface area contributed by atoms with Crippen molar-refractivity contribution < 1.29 is 14.4 Å². The fraction of sp³-hybridized carbons (Fsp3) is 0.923. The molecule has 0 bridgehead atoms. The van der Waals surface area contributed by atoms with Gasteiger partial charge in [0, 0.05) is 13.1 Å². The Morgan fingerprint density at radius 3 is 2.28 bits per heavy atom. The van der Waals surface area contributed by atoms with E-state index in [2.05, 4.69) is 17.7 Å². The molecule has 106 valence electrons. The SMILES string of the molecule is CNOC1(C)CCC(NC(=O)OC(C)(C)C)CC1. The predicted molar refractivity (Wildman–Crippen MR) is 70.2 cm³/mol. The molecule has 0 aromatic rings. The molecule has 5 heteroatoms. The molecule has 1 saturated carbocycles. The van der Waals surface area contributed by atoms with E-state index >= 15 is 0 Å². The number of ether oxygens (including phenoxy) is 1. The molecular weight excluding hydrogens is 232 g/mol. The van der Waals surface area contributed by atoms with Crippen molar-refractivity contribution >= 4 is 6.09 Å². The second kappa shape index (κ2) is 5.89. The van der Waals surface area contributed by atoms with Gasteiger partial charge in [-0.3, -0.25) is 4.84 Å². The van der Waals surface area contributed by atoms with Crippen LogP contribution in [0.15, 0.2) is 0 Å². The molecule has 0 aromatic heterocycles. The van der Waals surface area contributed by atoms with Crippen molar-refractivity contribution in [1.29, 1.82) is 0 Å². The number of hydroxylamine groups is 1. The van der Waals surface area contributed by atoms with Crippen LogP contribution in [0.3, 0.4) is 0 Å². The average Bonchev–Trinajstić information content (AvgIpc) is 2.19. The van der Waals surface area contributed by atoms with Crippen LogP contribution in [0.1, 0.15) is 53.4 Å². The summed E-state index contributed by atoms with van der Waals surface area (Å²) in [6, 6.07) is 0.188. The lowest BCUT2D eigenvalue weighted by molar-refractivity contribution is -0.108. The lowest BCUT2D eigenvalue weighted by Crippen LogP contribution is -2.46. The molecule has 1 amide bonds. The molecule has 0 radical (unpaired) electrons. The second-order valence-corrected chi connectivity index (χ2v) is 6.18. The maximum absolute atomic E-state index is 11.6. The minimum Gasteiger partial charge on any atom is -0.444 e. The van der Waals surface area contributed by atoms with Gasteiger partial charge in [-0.1, -0.05) is 0 Å². The van der Waals surface area contributed by atoms with E-state index in [1.54, 1.807) is 7.05 Å². The highest BCUT2D eigenvalue weighted by Gasteiger charge is 2.33. The normalized spacial score (nSPS) is 28.8. The third-order valence-electron chi connectivity index (χ3n) is 3.11. The summed E-state index contributed by atoms with van der Waals surface area (Å²) in [6.45, 7) is 7.69. The van der Waals surface area contributed by atoms with Crippen molar-refractivity contribution in [2.45, 2.75) is 70.6 Å². The fourth-order valence-corrected chi connectivity index (χ4v) is 2.20. The largest absolute Gasteiger partial charge is 0.444 e. The van der Waals surface area contributed by atoms with Gasteiger partial charge in [0.15, 0.2) is 0 Å². The Bertz CT molecular complexity index is 278. The van der Waals surface area contributed by atoms with Crippen LogP contribution < -0.4 is 10.8 Å². The molecule has 1 fully saturated rings. The van der Waals surface area contributed by atoms with Crippen molar-refractivity contribution in [3.63, 3.8) is 0 Å².